The number of hydrogen-bond acceptors (Lipinski definition) is 6. The first-order chi connectivity index (χ1) is 13.8. The Bertz CT molecular complexity index is 1090. The van der Waals surface area contributed by atoms with Crippen LogP contribution in [0.2, 0.25) is 0 Å². The predicted octanol–water partition coefficient (Wildman–Crippen LogP) is 3.50. The van der Waals surface area contributed by atoms with Crippen LogP contribution < -0.4 is 21.7 Å². The number of amides is 3. The summed E-state index contributed by atoms with van der Waals surface area (Å²) < 4.78 is 0. The minimum absolute atomic E-state index is 0.0874. The first kappa shape index (κ1) is 20.0. The zero-order valence-corrected chi connectivity index (χ0v) is 16.6. The second kappa shape index (κ2) is 8.53. The molecule has 2 aromatic carbocycles. The normalized spacial score (nSPS) is 10.3. The van der Waals surface area contributed by atoms with Crippen LogP contribution in [0.4, 0.5) is 22.2 Å². The summed E-state index contributed by atoms with van der Waals surface area (Å²) >= 11 is 1.10. The molecule has 3 rings (SSSR count). The van der Waals surface area contributed by atoms with Crippen LogP contribution >= 0.6 is 11.3 Å². The largest absolute Gasteiger partial charge is 0.364 e. The van der Waals surface area contributed by atoms with Gasteiger partial charge in [0.05, 0.1) is 11.3 Å². The van der Waals surface area contributed by atoms with E-state index in [2.05, 4.69) is 20.9 Å². The van der Waals surface area contributed by atoms with E-state index in [4.69, 9.17) is 5.73 Å². The van der Waals surface area contributed by atoms with Crippen molar-refractivity contribution in [2.24, 2.45) is 5.73 Å². The number of anilines is 4. The average Bonchev–Trinajstić information content (AvgIpc) is 3.10. The molecule has 0 fully saturated rings. The molecular formula is C20H19N5O3S. The lowest BCUT2D eigenvalue weighted by Gasteiger charge is -2.14. The third-order valence-electron chi connectivity index (χ3n) is 3.86. The number of hydrogen-bond donors (Lipinski definition) is 4. The second-order valence-corrected chi connectivity index (χ2v) is 7.15. The number of aryl methyl sites for hydroxylation is 1. The Morgan fingerprint density at radius 2 is 1.83 bits per heavy atom. The monoisotopic (exact) mass is 409 g/mol. The van der Waals surface area contributed by atoms with Gasteiger partial charge in [0, 0.05) is 23.7 Å². The Kier molecular flexibility index (Phi) is 5.89. The fourth-order valence-electron chi connectivity index (χ4n) is 2.61. The first-order valence-corrected chi connectivity index (χ1v) is 9.52. The molecular weight excluding hydrogens is 390 g/mol. The summed E-state index contributed by atoms with van der Waals surface area (Å²) in [5.74, 6) is -1.30. The van der Waals surface area contributed by atoms with Crippen molar-refractivity contribution in [1.82, 2.24) is 4.98 Å². The van der Waals surface area contributed by atoms with Crippen molar-refractivity contribution in [3.8, 4) is 0 Å². The van der Waals surface area contributed by atoms with E-state index < -0.39 is 11.8 Å². The maximum Gasteiger partial charge on any atom is 0.268 e. The second-order valence-electron chi connectivity index (χ2n) is 6.29. The highest BCUT2D eigenvalue weighted by molar-refractivity contribution is 7.14. The van der Waals surface area contributed by atoms with Gasteiger partial charge in [-0.05, 0) is 42.8 Å². The standard InChI is InChI=1S/C20H19N5O3S/c1-11-4-3-5-13(8-11)23-16-9-14(22-12(2)26)6-7-15(16)19(28)25-20-24-17(10-29-20)18(21)27/h3-10,23H,1-2H3,(H2,21,27)(H,22,26)(H,24,25,28). The predicted molar refractivity (Wildman–Crippen MR) is 114 cm³/mol. The van der Waals surface area contributed by atoms with Crippen molar-refractivity contribution in [3.63, 3.8) is 0 Å². The molecule has 29 heavy (non-hydrogen) atoms. The highest BCUT2D eigenvalue weighted by Gasteiger charge is 2.16. The number of nitrogens with two attached hydrogens (primary N) is 1. The number of aromatic nitrogens is 1. The lowest BCUT2D eigenvalue weighted by molar-refractivity contribution is -0.114. The van der Waals surface area contributed by atoms with Crippen LogP contribution in [0.1, 0.15) is 33.3 Å². The number of nitrogens with zero attached hydrogens (tertiary/aromatic N) is 1. The van der Waals surface area contributed by atoms with Gasteiger partial charge in [-0.3, -0.25) is 19.7 Å². The Morgan fingerprint density at radius 3 is 2.48 bits per heavy atom. The number of benzene rings is 2. The third kappa shape index (κ3) is 5.17. The van der Waals surface area contributed by atoms with Crippen molar-refractivity contribution in [3.05, 3.63) is 64.7 Å². The van der Waals surface area contributed by atoms with Gasteiger partial charge in [-0.1, -0.05) is 12.1 Å². The zero-order chi connectivity index (χ0) is 21.0. The highest BCUT2D eigenvalue weighted by Crippen LogP contribution is 2.27. The molecule has 0 spiro atoms. The molecule has 0 saturated heterocycles. The molecule has 1 heterocycles. The molecule has 0 saturated carbocycles. The van der Waals surface area contributed by atoms with Gasteiger partial charge >= 0.3 is 0 Å². The van der Waals surface area contributed by atoms with E-state index in [1.807, 2.05) is 31.2 Å². The molecule has 5 N–H and O–H groups in total. The van der Waals surface area contributed by atoms with Gasteiger partial charge < -0.3 is 16.4 Å². The van der Waals surface area contributed by atoms with Crippen LogP contribution in [-0.2, 0) is 4.79 Å². The van der Waals surface area contributed by atoms with E-state index in [0.29, 0.717) is 16.9 Å². The maximum atomic E-state index is 12.8. The van der Waals surface area contributed by atoms with E-state index in [9.17, 15) is 14.4 Å². The number of nitrogens with one attached hydrogen (secondary N) is 3. The number of rotatable bonds is 6. The lowest BCUT2D eigenvalue weighted by Crippen LogP contribution is -2.16. The maximum absolute atomic E-state index is 12.8. The Hall–Kier alpha value is -3.72. The van der Waals surface area contributed by atoms with Crippen LogP contribution in [0.3, 0.4) is 0 Å². The summed E-state index contributed by atoms with van der Waals surface area (Å²) in [5.41, 5.74) is 8.53. The van der Waals surface area contributed by atoms with Crippen molar-refractivity contribution < 1.29 is 14.4 Å². The van der Waals surface area contributed by atoms with Gasteiger partial charge in [0.25, 0.3) is 11.8 Å². The molecule has 9 heteroatoms. The van der Waals surface area contributed by atoms with Crippen molar-refractivity contribution in [2.75, 3.05) is 16.0 Å². The molecule has 1 aromatic heterocycles. The molecule has 148 valence electrons. The zero-order valence-electron chi connectivity index (χ0n) is 15.8. The van der Waals surface area contributed by atoms with Crippen LogP contribution in [0.15, 0.2) is 47.8 Å². The van der Waals surface area contributed by atoms with Gasteiger partial charge in [-0.2, -0.15) is 0 Å². The average molecular weight is 409 g/mol. The molecule has 0 aliphatic heterocycles. The summed E-state index contributed by atoms with van der Waals surface area (Å²) in [5, 5.41) is 10.3. The van der Waals surface area contributed by atoms with E-state index in [1.165, 1.54) is 12.3 Å². The number of thiazole rings is 1. The molecule has 0 unspecified atom stereocenters. The summed E-state index contributed by atoms with van der Waals surface area (Å²) in [6.07, 6.45) is 0. The van der Waals surface area contributed by atoms with E-state index in [0.717, 1.165) is 22.6 Å². The van der Waals surface area contributed by atoms with E-state index in [1.54, 1.807) is 18.2 Å². The fourth-order valence-corrected chi connectivity index (χ4v) is 3.31. The van der Waals surface area contributed by atoms with Gasteiger partial charge in [0.1, 0.15) is 5.69 Å². The van der Waals surface area contributed by atoms with Gasteiger partial charge in [-0.15, -0.1) is 11.3 Å². The topological polar surface area (TPSA) is 126 Å². The Labute approximate surface area is 171 Å². The molecule has 0 aliphatic rings. The van der Waals surface area contributed by atoms with Crippen molar-refractivity contribution >= 4 is 51.3 Å². The minimum atomic E-state index is -0.664. The molecule has 0 aliphatic carbocycles. The quantitative estimate of drug-likeness (QED) is 0.496. The fraction of sp³-hybridized carbons (Fsp3) is 0.100. The third-order valence-corrected chi connectivity index (χ3v) is 4.62. The smallest absolute Gasteiger partial charge is 0.268 e. The summed E-state index contributed by atoms with van der Waals surface area (Å²) in [4.78, 5) is 39.4. The summed E-state index contributed by atoms with van der Waals surface area (Å²) in [6.45, 7) is 3.37. The van der Waals surface area contributed by atoms with Gasteiger partial charge in [-0.25, -0.2) is 4.98 Å². The Morgan fingerprint density at radius 1 is 1.03 bits per heavy atom. The number of carbonyl (C=O) groups is 3. The molecule has 3 amide bonds. The van der Waals surface area contributed by atoms with E-state index in [-0.39, 0.29) is 16.7 Å². The molecule has 0 atom stereocenters. The Balaban J connectivity index is 1.91. The number of carbonyl (C=O) groups excluding carboxylic acids is 3. The first-order valence-electron chi connectivity index (χ1n) is 8.64. The van der Waals surface area contributed by atoms with Crippen LogP contribution in [0.5, 0.6) is 0 Å². The lowest BCUT2D eigenvalue weighted by atomic mass is 10.1. The summed E-state index contributed by atoms with van der Waals surface area (Å²) in [6, 6.07) is 12.6. The van der Waals surface area contributed by atoms with Crippen LogP contribution in [0.25, 0.3) is 0 Å². The van der Waals surface area contributed by atoms with Crippen molar-refractivity contribution in [2.45, 2.75) is 13.8 Å². The molecule has 8 nitrogen and oxygen atoms in total. The summed E-state index contributed by atoms with van der Waals surface area (Å²) in [7, 11) is 0. The minimum Gasteiger partial charge on any atom is -0.364 e. The van der Waals surface area contributed by atoms with E-state index >= 15 is 0 Å². The molecule has 3 aromatic rings. The molecule has 0 radical (unpaired) electrons. The van der Waals surface area contributed by atoms with Crippen LogP contribution in [0, 0.1) is 6.92 Å². The van der Waals surface area contributed by atoms with Crippen LogP contribution in [-0.4, -0.2) is 22.7 Å². The molecule has 0 bridgehead atoms. The van der Waals surface area contributed by atoms with Crippen molar-refractivity contribution in [1.29, 1.82) is 0 Å². The van der Waals surface area contributed by atoms with Gasteiger partial charge in [0.15, 0.2) is 5.13 Å². The SMILES string of the molecule is CC(=O)Nc1ccc(C(=O)Nc2nc(C(N)=O)cs2)c(Nc2cccc(C)c2)c1. The van der Waals surface area contributed by atoms with Gasteiger partial charge in [0.2, 0.25) is 5.91 Å². The highest BCUT2D eigenvalue weighted by atomic mass is 32.1. The number of primary amides is 1.